The number of nitriles is 1. The average molecular weight is 343 g/mol. The third-order valence-electron chi connectivity index (χ3n) is 3.62. The standard InChI is InChI=1S/C17H21N5OS/c1-3-13(2)22-16(14-8-5-4-6-9-14)20-21-17(22)24-12-15(23)19-11-7-10-18/h4-6,8-9,13H,3,7,11-12H2,1-2H3,(H,19,23)/t13-/m0/s1. The maximum atomic E-state index is 11.8. The van der Waals surface area contributed by atoms with E-state index in [9.17, 15) is 4.79 Å². The minimum Gasteiger partial charge on any atom is -0.354 e. The summed E-state index contributed by atoms with van der Waals surface area (Å²) >= 11 is 1.37. The van der Waals surface area contributed by atoms with E-state index in [4.69, 9.17) is 5.26 Å². The fraction of sp³-hybridized carbons (Fsp3) is 0.412. The van der Waals surface area contributed by atoms with Gasteiger partial charge in [-0.3, -0.25) is 9.36 Å². The van der Waals surface area contributed by atoms with Crippen molar-refractivity contribution in [3.8, 4) is 17.5 Å². The van der Waals surface area contributed by atoms with Gasteiger partial charge in [0.1, 0.15) is 0 Å². The highest BCUT2D eigenvalue weighted by molar-refractivity contribution is 7.99. The second-order valence-electron chi connectivity index (χ2n) is 5.35. The molecule has 0 radical (unpaired) electrons. The smallest absolute Gasteiger partial charge is 0.230 e. The summed E-state index contributed by atoms with van der Waals surface area (Å²) < 4.78 is 2.09. The van der Waals surface area contributed by atoms with E-state index >= 15 is 0 Å². The Morgan fingerprint density at radius 1 is 1.38 bits per heavy atom. The number of benzene rings is 1. The molecule has 0 saturated heterocycles. The van der Waals surface area contributed by atoms with E-state index < -0.39 is 0 Å². The van der Waals surface area contributed by atoms with Gasteiger partial charge in [0, 0.05) is 18.2 Å². The lowest BCUT2D eigenvalue weighted by molar-refractivity contribution is -0.118. The number of thioether (sulfide) groups is 1. The monoisotopic (exact) mass is 343 g/mol. The lowest BCUT2D eigenvalue weighted by Gasteiger charge is -2.16. The predicted molar refractivity (Wildman–Crippen MR) is 94.4 cm³/mol. The third-order valence-corrected chi connectivity index (χ3v) is 4.56. The molecule has 1 amide bonds. The minimum atomic E-state index is -0.102. The zero-order chi connectivity index (χ0) is 17.4. The van der Waals surface area contributed by atoms with Crippen molar-refractivity contribution in [1.29, 1.82) is 5.26 Å². The average Bonchev–Trinajstić information content (AvgIpc) is 3.04. The highest BCUT2D eigenvalue weighted by Gasteiger charge is 2.18. The summed E-state index contributed by atoms with van der Waals surface area (Å²) in [4.78, 5) is 11.8. The quantitative estimate of drug-likeness (QED) is 0.588. The first-order chi connectivity index (χ1) is 11.7. The Balaban J connectivity index is 2.14. The van der Waals surface area contributed by atoms with Crippen LogP contribution in [0.2, 0.25) is 0 Å². The van der Waals surface area contributed by atoms with Gasteiger partial charge in [-0.05, 0) is 13.3 Å². The molecule has 1 atom stereocenters. The fourth-order valence-corrected chi connectivity index (χ4v) is 3.04. The highest BCUT2D eigenvalue weighted by atomic mass is 32.2. The fourth-order valence-electron chi connectivity index (χ4n) is 2.18. The van der Waals surface area contributed by atoms with E-state index in [0.29, 0.717) is 13.0 Å². The summed E-state index contributed by atoms with van der Waals surface area (Å²) in [5.41, 5.74) is 1.01. The number of amides is 1. The van der Waals surface area contributed by atoms with Gasteiger partial charge in [0.05, 0.1) is 18.2 Å². The Hall–Kier alpha value is -2.33. The van der Waals surface area contributed by atoms with Gasteiger partial charge in [0.2, 0.25) is 5.91 Å². The van der Waals surface area contributed by atoms with Crippen LogP contribution >= 0.6 is 11.8 Å². The van der Waals surface area contributed by atoms with Crippen LogP contribution in [-0.2, 0) is 4.79 Å². The van der Waals surface area contributed by atoms with Crippen molar-refractivity contribution in [3.63, 3.8) is 0 Å². The Morgan fingerprint density at radius 3 is 2.79 bits per heavy atom. The summed E-state index contributed by atoms with van der Waals surface area (Å²) in [6.07, 6.45) is 1.26. The van der Waals surface area contributed by atoms with E-state index in [1.54, 1.807) is 0 Å². The topological polar surface area (TPSA) is 83.6 Å². The zero-order valence-corrected chi connectivity index (χ0v) is 14.7. The molecule has 6 nitrogen and oxygen atoms in total. The molecular formula is C17H21N5OS. The van der Waals surface area contributed by atoms with E-state index in [1.165, 1.54) is 11.8 Å². The van der Waals surface area contributed by atoms with Gasteiger partial charge < -0.3 is 5.32 Å². The lowest BCUT2D eigenvalue weighted by atomic mass is 10.2. The number of nitrogens with zero attached hydrogens (tertiary/aromatic N) is 4. The van der Waals surface area contributed by atoms with E-state index in [0.717, 1.165) is 23.0 Å². The molecule has 126 valence electrons. The molecule has 1 aromatic heterocycles. The van der Waals surface area contributed by atoms with Gasteiger partial charge in [-0.15, -0.1) is 10.2 Å². The van der Waals surface area contributed by atoms with Gasteiger partial charge in [0.25, 0.3) is 0 Å². The molecule has 2 aromatic rings. The van der Waals surface area contributed by atoms with Crippen molar-refractivity contribution < 1.29 is 4.79 Å². The molecule has 0 aliphatic carbocycles. The van der Waals surface area contributed by atoms with Crippen LogP contribution in [0, 0.1) is 11.3 Å². The molecule has 0 fully saturated rings. The normalized spacial score (nSPS) is 11.7. The van der Waals surface area contributed by atoms with E-state index in [2.05, 4.69) is 33.9 Å². The van der Waals surface area contributed by atoms with E-state index in [-0.39, 0.29) is 17.7 Å². The Kier molecular flexibility index (Phi) is 6.82. The molecular weight excluding hydrogens is 322 g/mol. The number of carbonyl (C=O) groups excluding carboxylic acids is 1. The van der Waals surface area contributed by atoms with Crippen LogP contribution in [0.1, 0.15) is 32.7 Å². The molecule has 0 spiro atoms. The highest BCUT2D eigenvalue weighted by Crippen LogP contribution is 2.28. The molecule has 1 heterocycles. The number of rotatable bonds is 8. The Labute approximate surface area is 146 Å². The molecule has 0 aliphatic heterocycles. The predicted octanol–water partition coefficient (Wildman–Crippen LogP) is 3.04. The first-order valence-electron chi connectivity index (χ1n) is 7.94. The largest absolute Gasteiger partial charge is 0.354 e. The second-order valence-corrected chi connectivity index (χ2v) is 6.29. The molecule has 0 bridgehead atoms. The van der Waals surface area contributed by atoms with Crippen LogP contribution in [0.4, 0.5) is 0 Å². The maximum Gasteiger partial charge on any atom is 0.230 e. The zero-order valence-electron chi connectivity index (χ0n) is 13.9. The van der Waals surface area contributed by atoms with Crippen LogP contribution in [0.25, 0.3) is 11.4 Å². The Morgan fingerprint density at radius 2 is 2.12 bits per heavy atom. The van der Waals surface area contributed by atoms with Gasteiger partial charge in [-0.1, -0.05) is 49.0 Å². The van der Waals surface area contributed by atoms with Crippen molar-refractivity contribution in [1.82, 2.24) is 20.1 Å². The number of hydrogen-bond acceptors (Lipinski definition) is 5. The molecule has 7 heteroatoms. The summed E-state index contributed by atoms with van der Waals surface area (Å²) in [6, 6.07) is 12.2. The van der Waals surface area contributed by atoms with Crippen LogP contribution < -0.4 is 5.32 Å². The Bertz CT molecular complexity index is 708. The van der Waals surface area contributed by atoms with Gasteiger partial charge in [-0.2, -0.15) is 5.26 Å². The lowest BCUT2D eigenvalue weighted by Crippen LogP contribution is -2.26. The number of aromatic nitrogens is 3. The second kappa shape index (κ2) is 9.08. The molecule has 1 N–H and O–H groups in total. The minimum absolute atomic E-state index is 0.102. The number of nitrogens with one attached hydrogen (secondary N) is 1. The summed E-state index contributed by atoms with van der Waals surface area (Å²) in [5.74, 6) is 0.974. The summed E-state index contributed by atoms with van der Waals surface area (Å²) in [6.45, 7) is 4.61. The van der Waals surface area contributed by atoms with Gasteiger partial charge >= 0.3 is 0 Å². The SMILES string of the molecule is CC[C@H](C)n1c(SCC(=O)NCCC#N)nnc1-c1ccccc1. The van der Waals surface area contributed by atoms with Crippen molar-refractivity contribution in [2.24, 2.45) is 0 Å². The third kappa shape index (κ3) is 4.59. The molecule has 24 heavy (non-hydrogen) atoms. The van der Waals surface area contributed by atoms with Crippen molar-refractivity contribution in [3.05, 3.63) is 30.3 Å². The summed E-state index contributed by atoms with van der Waals surface area (Å²) in [5, 5.41) is 20.5. The van der Waals surface area contributed by atoms with Crippen LogP contribution in [0.3, 0.4) is 0 Å². The molecule has 0 aliphatic rings. The maximum absolute atomic E-state index is 11.8. The van der Waals surface area contributed by atoms with Crippen LogP contribution in [0.15, 0.2) is 35.5 Å². The van der Waals surface area contributed by atoms with Gasteiger partial charge in [-0.25, -0.2) is 0 Å². The number of hydrogen-bond donors (Lipinski definition) is 1. The first kappa shape index (κ1) is 18.0. The van der Waals surface area contributed by atoms with Crippen molar-refractivity contribution >= 4 is 17.7 Å². The van der Waals surface area contributed by atoms with E-state index in [1.807, 2.05) is 36.4 Å². The van der Waals surface area contributed by atoms with Crippen molar-refractivity contribution in [2.75, 3.05) is 12.3 Å². The van der Waals surface area contributed by atoms with Crippen LogP contribution in [-0.4, -0.2) is 33.0 Å². The first-order valence-corrected chi connectivity index (χ1v) is 8.92. The molecule has 2 rings (SSSR count). The molecule has 1 aromatic carbocycles. The molecule has 0 saturated carbocycles. The number of carbonyl (C=O) groups is 1. The van der Waals surface area contributed by atoms with Gasteiger partial charge in [0.15, 0.2) is 11.0 Å². The summed E-state index contributed by atoms with van der Waals surface area (Å²) in [7, 11) is 0. The van der Waals surface area contributed by atoms with Crippen molar-refractivity contribution in [2.45, 2.75) is 37.9 Å². The molecule has 0 unspecified atom stereocenters. The van der Waals surface area contributed by atoms with Crippen LogP contribution in [0.5, 0.6) is 0 Å².